The minimum Gasteiger partial charge on any atom is -0.464 e. The van der Waals surface area contributed by atoms with Gasteiger partial charge in [0, 0.05) is 13.0 Å². The Hall–Kier alpha value is -1.52. The molecule has 0 spiro atoms. The van der Waals surface area contributed by atoms with Crippen LogP contribution in [-0.2, 0) is 17.7 Å². The summed E-state index contributed by atoms with van der Waals surface area (Å²) in [5.74, 6) is 0.783. The van der Waals surface area contributed by atoms with Crippen LogP contribution in [0.15, 0.2) is 0 Å². The van der Waals surface area contributed by atoms with Gasteiger partial charge in [-0.05, 0) is 6.42 Å². The number of aryl methyl sites for hydroxylation is 1. The normalized spacial score (nSPS) is 10.4. The quantitative estimate of drug-likeness (QED) is 0.773. The molecule has 2 N–H and O–H groups in total. The maximum atomic E-state index is 11.4. The smallest absolute Gasteiger partial charge is 0.360 e. The molecular formula is C11H19N3O2. The van der Waals surface area contributed by atoms with Crippen LogP contribution in [0.3, 0.4) is 0 Å². The predicted molar refractivity (Wildman–Crippen MR) is 62.3 cm³/mol. The van der Waals surface area contributed by atoms with E-state index in [0.717, 1.165) is 31.6 Å². The number of anilines is 1. The number of nitrogen functional groups attached to an aromatic ring is 1. The Morgan fingerprint density at radius 1 is 1.50 bits per heavy atom. The molecule has 0 fully saturated rings. The Morgan fingerprint density at radius 3 is 2.69 bits per heavy atom. The molecule has 1 heterocycles. The van der Waals surface area contributed by atoms with Crippen LogP contribution < -0.4 is 5.73 Å². The second-order valence-corrected chi connectivity index (χ2v) is 3.61. The van der Waals surface area contributed by atoms with Crippen LogP contribution >= 0.6 is 0 Å². The number of nitrogens with zero attached hydrogens (tertiary/aromatic N) is 2. The van der Waals surface area contributed by atoms with Gasteiger partial charge in [-0.25, -0.2) is 9.78 Å². The van der Waals surface area contributed by atoms with Crippen LogP contribution in [0.5, 0.6) is 0 Å². The average molecular weight is 225 g/mol. The second-order valence-electron chi connectivity index (χ2n) is 3.61. The largest absolute Gasteiger partial charge is 0.464 e. The zero-order valence-corrected chi connectivity index (χ0v) is 10.1. The summed E-state index contributed by atoms with van der Waals surface area (Å²) in [5.41, 5.74) is 6.13. The van der Waals surface area contributed by atoms with E-state index in [1.165, 1.54) is 7.11 Å². The predicted octanol–water partition coefficient (Wildman–Crippen LogP) is 1.61. The topological polar surface area (TPSA) is 70.1 Å². The van der Waals surface area contributed by atoms with Crippen molar-refractivity contribution < 1.29 is 9.53 Å². The maximum absolute atomic E-state index is 11.4. The van der Waals surface area contributed by atoms with Crippen molar-refractivity contribution >= 4 is 11.8 Å². The molecule has 1 aromatic heterocycles. The number of ether oxygens (including phenoxy) is 1. The Balaban J connectivity index is 3.05. The summed E-state index contributed by atoms with van der Waals surface area (Å²) < 4.78 is 6.54. The molecule has 0 amide bonds. The average Bonchev–Trinajstić information content (AvgIpc) is 2.62. The van der Waals surface area contributed by atoms with Gasteiger partial charge in [0.1, 0.15) is 11.6 Å². The molecule has 0 saturated carbocycles. The molecule has 0 bridgehead atoms. The van der Waals surface area contributed by atoms with Crippen LogP contribution in [0.25, 0.3) is 0 Å². The number of hydrogen-bond donors (Lipinski definition) is 1. The third kappa shape index (κ3) is 2.35. The summed E-state index contributed by atoms with van der Waals surface area (Å²) in [5, 5.41) is 0. The van der Waals surface area contributed by atoms with Gasteiger partial charge in [-0.1, -0.05) is 20.3 Å². The van der Waals surface area contributed by atoms with Gasteiger partial charge in [0.2, 0.25) is 0 Å². The Kier molecular flexibility index (Phi) is 4.34. The molecule has 0 aliphatic carbocycles. The molecule has 0 aliphatic heterocycles. The van der Waals surface area contributed by atoms with E-state index in [2.05, 4.69) is 16.6 Å². The first kappa shape index (κ1) is 12.5. The first-order chi connectivity index (χ1) is 7.65. The third-order valence-corrected chi connectivity index (χ3v) is 2.52. The summed E-state index contributed by atoms with van der Waals surface area (Å²) in [4.78, 5) is 15.6. The number of imidazole rings is 1. The highest BCUT2D eigenvalue weighted by Crippen LogP contribution is 2.17. The molecule has 5 heteroatoms. The van der Waals surface area contributed by atoms with Gasteiger partial charge in [0.15, 0.2) is 5.69 Å². The van der Waals surface area contributed by atoms with E-state index in [4.69, 9.17) is 5.73 Å². The monoisotopic (exact) mass is 225 g/mol. The van der Waals surface area contributed by atoms with E-state index in [0.29, 0.717) is 5.82 Å². The fourth-order valence-corrected chi connectivity index (χ4v) is 1.60. The number of carbonyl (C=O) groups excluding carboxylic acids is 1. The van der Waals surface area contributed by atoms with E-state index in [9.17, 15) is 4.79 Å². The highest BCUT2D eigenvalue weighted by atomic mass is 16.5. The third-order valence-electron chi connectivity index (χ3n) is 2.52. The number of hydrogen-bond acceptors (Lipinski definition) is 4. The first-order valence-electron chi connectivity index (χ1n) is 5.58. The Labute approximate surface area is 95.6 Å². The van der Waals surface area contributed by atoms with Gasteiger partial charge in [-0.15, -0.1) is 0 Å². The lowest BCUT2D eigenvalue weighted by atomic mass is 10.3. The van der Waals surface area contributed by atoms with Gasteiger partial charge in [0.25, 0.3) is 0 Å². The minimum atomic E-state index is -0.470. The molecule has 5 nitrogen and oxygen atoms in total. The van der Waals surface area contributed by atoms with Crippen LogP contribution in [0, 0.1) is 0 Å². The summed E-state index contributed by atoms with van der Waals surface area (Å²) in [6.07, 6.45) is 2.85. The van der Waals surface area contributed by atoms with Crippen molar-refractivity contribution in [1.29, 1.82) is 0 Å². The number of unbranched alkanes of at least 4 members (excludes halogenated alkanes) is 1. The molecule has 0 radical (unpaired) electrons. The number of esters is 1. The van der Waals surface area contributed by atoms with Crippen LogP contribution in [0.1, 0.15) is 43.0 Å². The van der Waals surface area contributed by atoms with Crippen molar-refractivity contribution in [3.8, 4) is 0 Å². The molecule has 16 heavy (non-hydrogen) atoms. The molecular weight excluding hydrogens is 206 g/mol. The van der Waals surface area contributed by atoms with E-state index in [1.54, 1.807) is 0 Å². The van der Waals surface area contributed by atoms with Crippen LogP contribution in [0.4, 0.5) is 5.82 Å². The maximum Gasteiger partial charge on any atom is 0.360 e. The van der Waals surface area contributed by atoms with Gasteiger partial charge < -0.3 is 15.0 Å². The van der Waals surface area contributed by atoms with Gasteiger partial charge in [0.05, 0.1) is 7.11 Å². The molecule has 90 valence electrons. The summed E-state index contributed by atoms with van der Waals surface area (Å²) >= 11 is 0. The van der Waals surface area contributed by atoms with Crippen LogP contribution in [0.2, 0.25) is 0 Å². The molecule has 0 aromatic carbocycles. The Morgan fingerprint density at radius 2 is 2.19 bits per heavy atom. The zero-order valence-electron chi connectivity index (χ0n) is 10.1. The van der Waals surface area contributed by atoms with Gasteiger partial charge >= 0.3 is 5.97 Å². The highest BCUT2D eigenvalue weighted by Gasteiger charge is 2.19. The van der Waals surface area contributed by atoms with Crippen molar-refractivity contribution in [3.05, 3.63) is 11.5 Å². The lowest BCUT2D eigenvalue weighted by Crippen LogP contribution is -2.09. The molecule has 0 aliphatic rings. The molecule has 0 unspecified atom stereocenters. The van der Waals surface area contributed by atoms with Gasteiger partial charge in [-0.3, -0.25) is 0 Å². The van der Waals surface area contributed by atoms with E-state index in [-0.39, 0.29) is 5.69 Å². The van der Waals surface area contributed by atoms with Gasteiger partial charge in [-0.2, -0.15) is 0 Å². The van der Waals surface area contributed by atoms with E-state index >= 15 is 0 Å². The summed E-state index contributed by atoms with van der Waals surface area (Å²) in [7, 11) is 1.33. The van der Waals surface area contributed by atoms with Crippen molar-refractivity contribution in [2.75, 3.05) is 12.8 Å². The number of carbonyl (C=O) groups is 1. The summed E-state index contributed by atoms with van der Waals surface area (Å²) in [6.45, 7) is 4.90. The zero-order chi connectivity index (χ0) is 12.1. The number of rotatable bonds is 5. The molecule has 0 saturated heterocycles. The lowest BCUT2D eigenvalue weighted by molar-refractivity contribution is 0.0595. The number of methoxy groups -OCH3 is 1. The number of nitrogens with two attached hydrogens (primary N) is 1. The highest BCUT2D eigenvalue weighted by molar-refractivity contribution is 5.92. The molecule has 1 rings (SSSR count). The minimum absolute atomic E-state index is 0.232. The number of aromatic nitrogens is 2. The van der Waals surface area contributed by atoms with Crippen molar-refractivity contribution in [2.45, 2.75) is 39.7 Å². The lowest BCUT2D eigenvalue weighted by Gasteiger charge is -2.07. The fourth-order valence-electron chi connectivity index (χ4n) is 1.60. The van der Waals surface area contributed by atoms with E-state index < -0.39 is 5.97 Å². The summed E-state index contributed by atoms with van der Waals surface area (Å²) in [6, 6.07) is 0. The van der Waals surface area contributed by atoms with Crippen molar-refractivity contribution in [2.24, 2.45) is 0 Å². The molecule has 1 aromatic rings. The van der Waals surface area contributed by atoms with Crippen molar-refractivity contribution in [3.63, 3.8) is 0 Å². The Bertz CT molecular complexity index is 372. The second kappa shape index (κ2) is 5.53. The van der Waals surface area contributed by atoms with E-state index in [1.807, 2.05) is 11.5 Å². The standard InChI is InChI=1S/C11H19N3O2/c1-4-6-7-14-8(5-2)13-9(10(14)12)11(15)16-3/h4-7,12H2,1-3H3. The first-order valence-corrected chi connectivity index (χ1v) is 5.58. The SMILES string of the molecule is CCCCn1c(CC)nc(C(=O)OC)c1N. The molecule has 0 atom stereocenters. The van der Waals surface area contributed by atoms with Crippen LogP contribution in [-0.4, -0.2) is 22.6 Å². The van der Waals surface area contributed by atoms with Crippen molar-refractivity contribution in [1.82, 2.24) is 9.55 Å². The fraction of sp³-hybridized carbons (Fsp3) is 0.636.